The number of hydrogen-bond donors (Lipinski definition) is 2. The van der Waals surface area contributed by atoms with Crippen LogP contribution in [-0.2, 0) is 21.5 Å². The van der Waals surface area contributed by atoms with Crippen LogP contribution in [0.25, 0.3) is 22.3 Å². The molecular formula is C58H73FN10O5. The van der Waals surface area contributed by atoms with Gasteiger partial charge in [-0.15, -0.1) is 0 Å². The average Bonchev–Trinajstić information content (AvgIpc) is 3.91. The van der Waals surface area contributed by atoms with Gasteiger partial charge in [0.05, 0.1) is 28.6 Å². The number of amides is 4. The lowest BCUT2D eigenvalue weighted by molar-refractivity contribution is -0.126. The lowest BCUT2D eigenvalue weighted by Crippen LogP contribution is -2.58. The van der Waals surface area contributed by atoms with Crippen LogP contribution in [0.3, 0.4) is 0 Å². The molecule has 0 atom stereocenters. The lowest BCUT2D eigenvalue weighted by atomic mass is 9.73. The summed E-state index contributed by atoms with van der Waals surface area (Å²) in [7, 11) is 0. The van der Waals surface area contributed by atoms with E-state index in [0.717, 1.165) is 66.9 Å². The Balaban J connectivity index is 0.895. The molecule has 5 aromatic rings. The fourth-order valence-corrected chi connectivity index (χ4v) is 11.8. The second-order valence-corrected chi connectivity index (χ2v) is 23.0. The summed E-state index contributed by atoms with van der Waals surface area (Å²) in [5.74, 6) is -0.218. The lowest BCUT2D eigenvalue weighted by Gasteiger charge is -2.48. The summed E-state index contributed by atoms with van der Waals surface area (Å²) in [6.07, 6.45) is 8.43. The van der Waals surface area contributed by atoms with E-state index in [1.807, 2.05) is 69.5 Å². The number of piperidine rings is 2. The number of nitrogens with one attached hydrogen (secondary N) is 2. The van der Waals surface area contributed by atoms with Crippen molar-refractivity contribution in [2.24, 2.45) is 0 Å². The van der Waals surface area contributed by atoms with Crippen LogP contribution in [-0.4, -0.2) is 134 Å². The van der Waals surface area contributed by atoms with E-state index >= 15 is 9.18 Å². The average molecular weight is 1010 g/mol. The fraction of sp³-hybridized carbons (Fsp3) is 0.517. The normalized spacial score (nSPS) is 20.4. The smallest absolute Gasteiger partial charge is 0.410 e. The molecule has 74 heavy (non-hydrogen) atoms. The highest BCUT2D eigenvalue weighted by molar-refractivity contribution is 6.09. The number of imidazole rings is 1. The van der Waals surface area contributed by atoms with Gasteiger partial charge in [-0.05, 0) is 173 Å². The standard InChI is InChI=1S/C58H73FN10O5/c1-36(2)61-53(70)44-32-48(46(59)28-38(44)5)63-52-51-49(60-35-68(51)37(3)4)33-47(62-52)41-16-17-45-50(29-41)69(43-30-42(31-43)65-20-10-9-11-21-65)55(72)58(45)18-22-64(23-19-58)34-39-12-14-40(15-13-39)54(71)66-24-26-67(27-25-66)56(73)74-57(6,7)8/h12-17,28-29,32-33,35-37,42-43H,9-11,18-27,30-31,34H2,1-8H3,(H,61,70)(H,62,63). The minimum Gasteiger partial charge on any atom is -0.444 e. The van der Waals surface area contributed by atoms with E-state index in [4.69, 9.17) is 14.7 Å². The summed E-state index contributed by atoms with van der Waals surface area (Å²) < 4.78 is 23.4. The van der Waals surface area contributed by atoms with Crippen LogP contribution in [0.15, 0.2) is 67.0 Å². The van der Waals surface area contributed by atoms with Crippen molar-refractivity contribution in [2.75, 3.05) is 62.6 Å². The Labute approximate surface area is 434 Å². The summed E-state index contributed by atoms with van der Waals surface area (Å²) >= 11 is 0. The Morgan fingerprint density at radius 3 is 2.19 bits per heavy atom. The third-order valence-corrected chi connectivity index (χ3v) is 15.9. The third kappa shape index (κ3) is 10.1. The van der Waals surface area contributed by atoms with E-state index in [1.54, 1.807) is 29.1 Å². The Morgan fingerprint density at radius 1 is 0.838 bits per heavy atom. The second-order valence-electron chi connectivity index (χ2n) is 23.0. The number of aromatic nitrogens is 3. The van der Waals surface area contributed by atoms with E-state index < -0.39 is 16.8 Å². The molecule has 0 unspecified atom stereocenters. The molecule has 4 amide bonds. The molecule has 392 valence electrons. The molecule has 4 fully saturated rings. The Kier molecular flexibility index (Phi) is 14.1. The number of fused-ring (bicyclic) bond motifs is 3. The first kappa shape index (κ1) is 51.1. The van der Waals surface area contributed by atoms with Gasteiger partial charge in [-0.1, -0.05) is 30.7 Å². The largest absolute Gasteiger partial charge is 0.444 e. The van der Waals surface area contributed by atoms with Gasteiger partial charge in [0.1, 0.15) is 16.9 Å². The van der Waals surface area contributed by atoms with E-state index in [1.165, 1.54) is 25.3 Å². The SMILES string of the molecule is Cc1cc(F)c(Nc2nc(-c3ccc4c(c3)N(C3CC(N5CCCCC5)C3)C(=O)C43CCN(Cc4ccc(C(=O)N5CCN(C(=O)OC(C)(C)C)CC5)cc4)CC3)cc3ncn(C(C)C)c23)cc1C(=O)NC(C)C. The van der Waals surface area contributed by atoms with Gasteiger partial charge in [-0.3, -0.25) is 19.3 Å². The van der Waals surface area contributed by atoms with Crippen LogP contribution >= 0.6 is 0 Å². The van der Waals surface area contributed by atoms with Crippen molar-refractivity contribution < 1.29 is 28.3 Å². The number of carbonyl (C=O) groups excluding carboxylic acids is 4. The monoisotopic (exact) mass is 1010 g/mol. The summed E-state index contributed by atoms with van der Waals surface area (Å²) in [5, 5.41) is 6.22. The van der Waals surface area contributed by atoms with E-state index in [9.17, 15) is 14.4 Å². The highest BCUT2D eigenvalue weighted by Crippen LogP contribution is 2.52. The molecule has 2 aromatic heterocycles. The number of likely N-dealkylation sites (tertiary alicyclic amines) is 2. The first-order valence-electron chi connectivity index (χ1n) is 26.9. The molecule has 10 rings (SSSR count). The zero-order chi connectivity index (χ0) is 52.2. The fourth-order valence-electron chi connectivity index (χ4n) is 11.8. The number of halogens is 1. The maximum atomic E-state index is 15.9. The Hall–Kier alpha value is -6.39. The molecule has 1 saturated carbocycles. The van der Waals surface area contributed by atoms with Crippen molar-refractivity contribution in [3.05, 3.63) is 101 Å². The number of benzene rings is 3. The Bertz CT molecular complexity index is 2940. The topological polar surface area (TPSA) is 148 Å². The maximum Gasteiger partial charge on any atom is 0.410 e. The van der Waals surface area contributed by atoms with Crippen molar-refractivity contribution in [1.82, 2.24) is 39.5 Å². The maximum absolute atomic E-state index is 15.9. The van der Waals surface area contributed by atoms with Gasteiger partial charge in [-0.25, -0.2) is 19.2 Å². The van der Waals surface area contributed by atoms with Gasteiger partial charge in [0.15, 0.2) is 5.82 Å². The van der Waals surface area contributed by atoms with Crippen molar-refractivity contribution in [1.29, 1.82) is 0 Å². The quantitative estimate of drug-likeness (QED) is 0.131. The van der Waals surface area contributed by atoms with Gasteiger partial charge in [-0.2, -0.15) is 0 Å². The number of rotatable bonds is 11. The van der Waals surface area contributed by atoms with E-state index in [0.29, 0.717) is 85.3 Å². The first-order chi connectivity index (χ1) is 35.4. The van der Waals surface area contributed by atoms with Gasteiger partial charge >= 0.3 is 6.09 Å². The van der Waals surface area contributed by atoms with Crippen LogP contribution in [0, 0.1) is 12.7 Å². The highest BCUT2D eigenvalue weighted by atomic mass is 19.1. The van der Waals surface area contributed by atoms with Crippen LogP contribution < -0.4 is 15.5 Å². The molecule has 0 bridgehead atoms. The van der Waals surface area contributed by atoms with Gasteiger partial charge in [0.2, 0.25) is 5.91 Å². The molecule has 6 heterocycles. The number of nitrogens with zero attached hydrogens (tertiary/aromatic N) is 8. The second kappa shape index (κ2) is 20.4. The summed E-state index contributed by atoms with van der Waals surface area (Å²) in [6.45, 7) is 21.4. The van der Waals surface area contributed by atoms with Crippen LogP contribution in [0.1, 0.15) is 137 Å². The molecule has 15 nitrogen and oxygen atoms in total. The summed E-state index contributed by atoms with van der Waals surface area (Å²) in [6, 6.07) is 19.6. The molecule has 2 N–H and O–H groups in total. The number of anilines is 3. The van der Waals surface area contributed by atoms with Crippen molar-refractivity contribution in [2.45, 2.75) is 142 Å². The number of aryl methyl sites for hydroxylation is 1. The molecule has 0 radical (unpaired) electrons. The summed E-state index contributed by atoms with van der Waals surface area (Å²) in [4.78, 5) is 75.3. The molecule has 5 aliphatic rings. The minimum atomic E-state index is -0.660. The number of piperazine rings is 1. The molecule has 4 aliphatic heterocycles. The molecule has 1 spiro atoms. The van der Waals surface area contributed by atoms with Crippen molar-refractivity contribution in [3.8, 4) is 11.3 Å². The minimum absolute atomic E-state index is 0.0331. The van der Waals surface area contributed by atoms with E-state index in [-0.39, 0.29) is 47.6 Å². The number of ether oxygens (including phenoxy) is 1. The zero-order valence-corrected chi connectivity index (χ0v) is 44.5. The molecular weight excluding hydrogens is 936 g/mol. The molecule has 3 aromatic carbocycles. The third-order valence-electron chi connectivity index (χ3n) is 15.9. The predicted molar refractivity (Wildman–Crippen MR) is 286 cm³/mol. The summed E-state index contributed by atoms with van der Waals surface area (Å²) in [5.41, 5.74) is 6.43. The van der Waals surface area contributed by atoms with E-state index in [2.05, 4.69) is 57.4 Å². The molecule has 16 heteroatoms. The highest BCUT2D eigenvalue weighted by Gasteiger charge is 2.55. The van der Waals surface area contributed by atoms with Gasteiger partial charge < -0.3 is 39.5 Å². The predicted octanol–water partition coefficient (Wildman–Crippen LogP) is 9.60. The zero-order valence-electron chi connectivity index (χ0n) is 44.5. The van der Waals surface area contributed by atoms with Crippen LogP contribution in [0.4, 0.5) is 26.4 Å². The van der Waals surface area contributed by atoms with Gasteiger partial charge in [0.25, 0.3) is 11.8 Å². The first-order valence-corrected chi connectivity index (χ1v) is 26.9. The van der Waals surface area contributed by atoms with Crippen molar-refractivity contribution in [3.63, 3.8) is 0 Å². The molecule has 1 aliphatic carbocycles. The number of pyridine rings is 1. The number of hydrogen-bond acceptors (Lipinski definition) is 10. The molecule has 3 saturated heterocycles. The van der Waals surface area contributed by atoms with Crippen molar-refractivity contribution >= 4 is 52.0 Å². The number of carbonyl (C=O) groups is 4. The Morgan fingerprint density at radius 2 is 1.53 bits per heavy atom. The van der Waals surface area contributed by atoms with Gasteiger partial charge in [0, 0.05) is 79.3 Å². The van der Waals surface area contributed by atoms with Crippen LogP contribution in [0.5, 0.6) is 0 Å². The van der Waals surface area contributed by atoms with Crippen LogP contribution in [0.2, 0.25) is 0 Å².